The molecule has 0 atom stereocenters. The molecule has 3 nitrogen and oxygen atoms in total. The first-order valence-electron chi connectivity index (χ1n) is 5.01. The van der Waals surface area contributed by atoms with Crippen molar-refractivity contribution in [1.29, 1.82) is 5.26 Å². The molecule has 1 aromatic heterocycles. The largest absolute Gasteiger partial charge is 0.340 e. The molecular formula is C11H15N3. The van der Waals surface area contributed by atoms with Crippen LogP contribution in [-0.4, -0.2) is 10.6 Å². The van der Waals surface area contributed by atoms with Gasteiger partial charge in [0.25, 0.3) is 0 Å². The van der Waals surface area contributed by atoms with E-state index in [1.54, 1.807) is 0 Å². The normalized spacial score (nSPS) is 15.5. The van der Waals surface area contributed by atoms with Crippen molar-refractivity contribution in [2.75, 3.05) is 0 Å². The fourth-order valence-electron chi connectivity index (χ4n) is 1.59. The number of nitrogens with one attached hydrogen (secondary N) is 1. The summed E-state index contributed by atoms with van der Waals surface area (Å²) in [7, 11) is 1.94. The molecule has 0 radical (unpaired) electrons. The van der Waals surface area contributed by atoms with E-state index in [0.29, 0.717) is 0 Å². The fraction of sp³-hybridized carbons (Fsp3) is 0.545. The van der Waals surface area contributed by atoms with Crippen molar-refractivity contribution in [3.8, 4) is 6.07 Å². The molecule has 0 saturated heterocycles. The summed E-state index contributed by atoms with van der Waals surface area (Å²) in [6.07, 6.45) is 2.61. The van der Waals surface area contributed by atoms with Gasteiger partial charge in [-0.15, -0.1) is 0 Å². The zero-order chi connectivity index (χ0) is 10.1. The molecule has 0 amide bonds. The summed E-state index contributed by atoms with van der Waals surface area (Å²) >= 11 is 0. The van der Waals surface area contributed by atoms with Crippen LogP contribution in [0.2, 0.25) is 0 Å². The van der Waals surface area contributed by atoms with Gasteiger partial charge in [0.2, 0.25) is 0 Å². The van der Waals surface area contributed by atoms with E-state index in [2.05, 4.69) is 18.3 Å². The van der Waals surface area contributed by atoms with E-state index in [0.717, 1.165) is 18.3 Å². The second-order valence-electron chi connectivity index (χ2n) is 3.97. The van der Waals surface area contributed by atoms with Gasteiger partial charge in [-0.2, -0.15) is 5.26 Å². The number of hydrogen-bond donors (Lipinski definition) is 1. The summed E-state index contributed by atoms with van der Waals surface area (Å²) in [6.45, 7) is 2.96. The maximum atomic E-state index is 8.85. The third-order valence-corrected chi connectivity index (χ3v) is 2.91. The molecule has 1 aliphatic carbocycles. The highest BCUT2D eigenvalue weighted by Gasteiger charge is 2.20. The lowest BCUT2D eigenvalue weighted by molar-refractivity contribution is 0.682. The van der Waals surface area contributed by atoms with Gasteiger partial charge >= 0.3 is 0 Å². The minimum atomic E-state index is 0.722. The molecule has 0 aliphatic heterocycles. The number of aromatic nitrogens is 1. The van der Waals surface area contributed by atoms with Gasteiger partial charge in [-0.05, 0) is 31.4 Å². The van der Waals surface area contributed by atoms with Gasteiger partial charge < -0.3 is 9.88 Å². The minimum absolute atomic E-state index is 0.722. The first kappa shape index (κ1) is 9.29. The molecule has 0 aromatic carbocycles. The van der Waals surface area contributed by atoms with Crippen LogP contribution < -0.4 is 5.32 Å². The van der Waals surface area contributed by atoms with Crippen molar-refractivity contribution < 1.29 is 0 Å². The summed E-state index contributed by atoms with van der Waals surface area (Å²) in [5.41, 5.74) is 3.18. The SMILES string of the molecule is Cc1c(CNC2CC2)cc(C#N)n1C. The predicted octanol–water partition coefficient (Wildman–Crippen LogP) is 1.46. The highest BCUT2D eigenvalue weighted by Crippen LogP contribution is 2.20. The van der Waals surface area contributed by atoms with E-state index in [1.165, 1.54) is 24.1 Å². The van der Waals surface area contributed by atoms with E-state index >= 15 is 0 Å². The van der Waals surface area contributed by atoms with Crippen molar-refractivity contribution >= 4 is 0 Å². The average molecular weight is 189 g/mol. The van der Waals surface area contributed by atoms with E-state index in [9.17, 15) is 0 Å². The molecule has 0 bridgehead atoms. The monoisotopic (exact) mass is 189 g/mol. The topological polar surface area (TPSA) is 40.8 Å². The molecule has 1 saturated carbocycles. The van der Waals surface area contributed by atoms with Crippen LogP contribution in [0.1, 0.15) is 29.8 Å². The van der Waals surface area contributed by atoms with Crippen LogP contribution in [0.3, 0.4) is 0 Å². The molecule has 0 unspecified atom stereocenters. The van der Waals surface area contributed by atoms with Crippen LogP contribution in [0.25, 0.3) is 0 Å². The highest BCUT2D eigenvalue weighted by molar-refractivity contribution is 5.34. The average Bonchev–Trinajstić information content (AvgIpc) is 2.96. The Bertz CT molecular complexity index is 380. The Kier molecular flexibility index (Phi) is 2.30. The lowest BCUT2D eigenvalue weighted by atomic mass is 10.2. The molecule has 1 N–H and O–H groups in total. The number of nitriles is 1. The molecule has 2 rings (SSSR count). The maximum absolute atomic E-state index is 8.85. The van der Waals surface area contributed by atoms with Gasteiger partial charge in [0, 0.05) is 25.3 Å². The van der Waals surface area contributed by atoms with E-state index in [-0.39, 0.29) is 0 Å². The molecule has 1 heterocycles. The van der Waals surface area contributed by atoms with Gasteiger partial charge in [-0.3, -0.25) is 0 Å². The Morgan fingerprint density at radius 2 is 2.36 bits per heavy atom. The summed E-state index contributed by atoms with van der Waals surface area (Å²) in [5.74, 6) is 0. The number of rotatable bonds is 3. The molecule has 14 heavy (non-hydrogen) atoms. The van der Waals surface area contributed by atoms with E-state index < -0.39 is 0 Å². The smallest absolute Gasteiger partial charge is 0.120 e. The van der Waals surface area contributed by atoms with Crippen LogP contribution in [0, 0.1) is 18.3 Å². The first-order valence-corrected chi connectivity index (χ1v) is 5.01. The van der Waals surface area contributed by atoms with Crippen molar-refractivity contribution in [2.24, 2.45) is 7.05 Å². The first-order chi connectivity index (χ1) is 6.72. The van der Waals surface area contributed by atoms with Crippen LogP contribution in [0.5, 0.6) is 0 Å². The van der Waals surface area contributed by atoms with Crippen molar-refractivity contribution in [3.05, 3.63) is 23.0 Å². The summed E-state index contributed by atoms with van der Waals surface area (Å²) in [6, 6.07) is 4.89. The van der Waals surface area contributed by atoms with Crippen LogP contribution in [-0.2, 0) is 13.6 Å². The number of nitrogens with zero attached hydrogens (tertiary/aromatic N) is 2. The maximum Gasteiger partial charge on any atom is 0.120 e. The zero-order valence-electron chi connectivity index (χ0n) is 8.67. The third-order valence-electron chi connectivity index (χ3n) is 2.91. The zero-order valence-corrected chi connectivity index (χ0v) is 8.67. The Morgan fingerprint density at radius 1 is 1.64 bits per heavy atom. The predicted molar refractivity (Wildman–Crippen MR) is 54.7 cm³/mol. The molecule has 1 aromatic rings. The Balaban J connectivity index is 2.12. The van der Waals surface area contributed by atoms with E-state index in [4.69, 9.17) is 5.26 Å². The second-order valence-corrected chi connectivity index (χ2v) is 3.97. The van der Waals surface area contributed by atoms with Gasteiger partial charge in [-0.1, -0.05) is 0 Å². The van der Waals surface area contributed by atoms with Crippen molar-refractivity contribution in [1.82, 2.24) is 9.88 Å². The lowest BCUT2D eigenvalue weighted by Crippen LogP contribution is -2.15. The fourth-order valence-corrected chi connectivity index (χ4v) is 1.59. The molecule has 1 fully saturated rings. The van der Waals surface area contributed by atoms with Gasteiger partial charge in [0.15, 0.2) is 0 Å². The summed E-state index contributed by atoms with van der Waals surface area (Å²) in [5, 5.41) is 12.3. The van der Waals surface area contributed by atoms with Gasteiger partial charge in [0.05, 0.1) is 0 Å². The van der Waals surface area contributed by atoms with E-state index in [1.807, 2.05) is 17.7 Å². The summed E-state index contributed by atoms with van der Waals surface area (Å²) in [4.78, 5) is 0. The molecule has 0 spiro atoms. The summed E-state index contributed by atoms with van der Waals surface area (Å²) < 4.78 is 1.95. The molecular weight excluding hydrogens is 174 g/mol. The van der Waals surface area contributed by atoms with Crippen LogP contribution >= 0.6 is 0 Å². The standard InChI is InChI=1S/C11H15N3/c1-8-9(7-13-10-3-4-10)5-11(6-12)14(8)2/h5,10,13H,3-4,7H2,1-2H3. The lowest BCUT2D eigenvalue weighted by Gasteiger charge is -2.02. The number of hydrogen-bond acceptors (Lipinski definition) is 2. The Morgan fingerprint density at radius 3 is 2.86 bits per heavy atom. The Labute approximate surface area is 84.3 Å². The van der Waals surface area contributed by atoms with Gasteiger partial charge in [-0.25, -0.2) is 0 Å². The quantitative estimate of drug-likeness (QED) is 0.782. The molecule has 74 valence electrons. The third kappa shape index (κ3) is 1.66. The van der Waals surface area contributed by atoms with Crippen molar-refractivity contribution in [3.63, 3.8) is 0 Å². The van der Waals surface area contributed by atoms with Gasteiger partial charge in [0.1, 0.15) is 11.8 Å². The van der Waals surface area contributed by atoms with Crippen LogP contribution in [0.15, 0.2) is 6.07 Å². The highest BCUT2D eigenvalue weighted by atomic mass is 15.0. The molecule has 3 heteroatoms. The van der Waals surface area contributed by atoms with Crippen LogP contribution in [0.4, 0.5) is 0 Å². The molecule has 1 aliphatic rings. The Hall–Kier alpha value is -1.27. The second kappa shape index (κ2) is 3.47. The van der Waals surface area contributed by atoms with Crippen molar-refractivity contribution in [2.45, 2.75) is 32.4 Å². The minimum Gasteiger partial charge on any atom is -0.340 e.